The second-order valence-electron chi connectivity index (χ2n) is 5.13. The molecule has 0 saturated heterocycles. The molecule has 3 N–H and O–H groups in total. The molecule has 8 heteroatoms. The maximum Gasteiger partial charge on any atom is 0.344 e. The summed E-state index contributed by atoms with van der Waals surface area (Å²) in [7, 11) is 0. The Morgan fingerprint density at radius 3 is 2.75 bits per heavy atom. The lowest BCUT2D eigenvalue weighted by molar-refractivity contribution is -0.143. The number of aliphatic carboxylic acids is 1. The molecule has 0 aliphatic rings. The Morgan fingerprint density at radius 1 is 1.60 bits per heavy atom. The molecule has 0 aliphatic heterocycles. The summed E-state index contributed by atoms with van der Waals surface area (Å²) in [4.78, 5) is 23.0. The van der Waals surface area contributed by atoms with Gasteiger partial charge >= 0.3 is 11.7 Å². The van der Waals surface area contributed by atoms with E-state index in [1.807, 2.05) is 20.8 Å². The molecule has 20 heavy (non-hydrogen) atoms. The van der Waals surface area contributed by atoms with E-state index in [2.05, 4.69) is 15.5 Å². The average molecular weight is 302 g/mol. The summed E-state index contributed by atoms with van der Waals surface area (Å²) in [5, 5.41) is 19.2. The molecule has 0 bridgehead atoms. The maximum atomic E-state index is 11.6. The van der Waals surface area contributed by atoms with Crippen molar-refractivity contribution in [2.75, 3.05) is 12.3 Å². The number of hydrogen-bond donors (Lipinski definition) is 3. The number of aromatic amines is 1. The summed E-state index contributed by atoms with van der Waals surface area (Å²) in [6, 6.07) is -0.0246. The summed E-state index contributed by atoms with van der Waals surface area (Å²) in [6.07, 6.45) is 0.854. The normalized spacial score (nSPS) is 14.4. The Labute approximate surface area is 122 Å². The largest absolute Gasteiger partial charge is 0.480 e. The zero-order valence-corrected chi connectivity index (χ0v) is 13.1. The molecule has 0 spiro atoms. The van der Waals surface area contributed by atoms with Crippen molar-refractivity contribution in [2.24, 2.45) is 0 Å². The number of rotatable bonds is 8. The first kappa shape index (κ1) is 16.8. The number of nitrogens with zero attached hydrogens (tertiary/aromatic N) is 2. The lowest BCUT2D eigenvalue weighted by atomic mass is 10.1. The molecule has 7 nitrogen and oxygen atoms in total. The van der Waals surface area contributed by atoms with Crippen LogP contribution in [-0.4, -0.2) is 43.7 Å². The van der Waals surface area contributed by atoms with Gasteiger partial charge < -0.3 is 10.4 Å². The van der Waals surface area contributed by atoms with E-state index in [4.69, 9.17) is 0 Å². The van der Waals surface area contributed by atoms with E-state index in [-0.39, 0.29) is 11.7 Å². The van der Waals surface area contributed by atoms with E-state index >= 15 is 0 Å². The van der Waals surface area contributed by atoms with Gasteiger partial charge in [0.2, 0.25) is 0 Å². The Kier molecular flexibility index (Phi) is 5.82. The summed E-state index contributed by atoms with van der Waals surface area (Å²) in [5.41, 5.74) is -1.32. The Balaban J connectivity index is 2.83. The van der Waals surface area contributed by atoms with Crippen LogP contribution in [0.25, 0.3) is 0 Å². The third-order valence-corrected chi connectivity index (χ3v) is 4.18. The maximum absolute atomic E-state index is 11.6. The number of H-pyrrole nitrogens is 1. The molecule has 1 rings (SSSR count). The van der Waals surface area contributed by atoms with Gasteiger partial charge in [-0.15, -0.1) is 5.10 Å². The smallest absolute Gasteiger partial charge is 0.344 e. The summed E-state index contributed by atoms with van der Waals surface area (Å²) in [5.74, 6) is -0.619. The molecule has 0 saturated carbocycles. The Hall–Kier alpha value is -1.28. The van der Waals surface area contributed by atoms with Crippen LogP contribution in [0.5, 0.6) is 0 Å². The van der Waals surface area contributed by atoms with Crippen LogP contribution in [0, 0.1) is 0 Å². The van der Waals surface area contributed by atoms with Crippen LogP contribution in [0.2, 0.25) is 0 Å². The molecule has 0 amide bonds. The minimum Gasteiger partial charge on any atom is -0.480 e. The van der Waals surface area contributed by atoms with E-state index < -0.39 is 11.5 Å². The highest BCUT2D eigenvalue weighted by Crippen LogP contribution is 2.22. The number of hydrogen-bond acceptors (Lipinski definition) is 5. The van der Waals surface area contributed by atoms with Crippen LogP contribution in [0.1, 0.15) is 40.2 Å². The van der Waals surface area contributed by atoms with Gasteiger partial charge in [0, 0.05) is 11.8 Å². The van der Waals surface area contributed by atoms with Crippen molar-refractivity contribution in [3.8, 4) is 0 Å². The minimum atomic E-state index is -1.04. The van der Waals surface area contributed by atoms with Gasteiger partial charge in [-0.05, 0) is 33.7 Å². The fraction of sp³-hybridized carbons (Fsp3) is 0.750. The van der Waals surface area contributed by atoms with Crippen LogP contribution >= 0.6 is 11.8 Å². The van der Waals surface area contributed by atoms with Crippen LogP contribution in [0.3, 0.4) is 0 Å². The van der Waals surface area contributed by atoms with Gasteiger partial charge in [-0.3, -0.25) is 9.36 Å². The van der Waals surface area contributed by atoms with E-state index in [1.54, 1.807) is 6.92 Å². The number of carboxylic acid groups (broad SMARTS) is 1. The van der Waals surface area contributed by atoms with E-state index in [1.165, 1.54) is 16.3 Å². The number of thioether (sulfide) groups is 1. The highest BCUT2D eigenvalue weighted by atomic mass is 32.2. The Bertz CT molecular complexity index is 511. The number of carbonyl (C=O) groups is 1. The fourth-order valence-corrected chi connectivity index (χ4v) is 2.83. The van der Waals surface area contributed by atoms with E-state index in [9.17, 15) is 14.7 Å². The topological polar surface area (TPSA) is 100 Å². The van der Waals surface area contributed by atoms with Crippen LogP contribution in [0.4, 0.5) is 0 Å². The molecular formula is C12H22N4O3S. The third-order valence-electron chi connectivity index (χ3n) is 2.92. The predicted octanol–water partition coefficient (Wildman–Crippen LogP) is 1.09. The van der Waals surface area contributed by atoms with Gasteiger partial charge in [0.05, 0.1) is 0 Å². The monoisotopic (exact) mass is 302 g/mol. The minimum absolute atomic E-state index is 0.0246. The zero-order valence-electron chi connectivity index (χ0n) is 12.3. The molecule has 114 valence electrons. The highest BCUT2D eigenvalue weighted by Gasteiger charge is 2.33. The molecule has 0 aromatic carbocycles. The predicted molar refractivity (Wildman–Crippen MR) is 78.3 cm³/mol. The first-order chi connectivity index (χ1) is 9.31. The number of carboxylic acids is 1. The van der Waals surface area contributed by atoms with Crippen LogP contribution in [0.15, 0.2) is 9.95 Å². The molecule has 0 radical (unpaired) electrons. The van der Waals surface area contributed by atoms with Gasteiger partial charge in [0.15, 0.2) is 5.16 Å². The number of nitrogens with one attached hydrogen (secondary N) is 2. The SMILES string of the molecule is CCCNC(C)(CSc1n[nH]c(=O)n1C(C)C)C(=O)O. The molecule has 1 unspecified atom stereocenters. The second kappa shape index (κ2) is 6.94. The van der Waals surface area contributed by atoms with Gasteiger partial charge in [-0.1, -0.05) is 18.7 Å². The highest BCUT2D eigenvalue weighted by molar-refractivity contribution is 7.99. The summed E-state index contributed by atoms with van der Waals surface area (Å²) in [6.45, 7) is 8.01. The quantitative estimate of drug-likeness (QED) is 0.622. The van der Waals surface area contributed by atoms with E-state index in [0.717, 1.165) is 6.42 Å². The number of aromatic nitrogens is 3. The third kappa shape index (κ3) is 3.86. The second-order valence-corrected chi connectivity index (χ2v) is 6.07. The standard InChI is InChI=1S/C12H22N4O3S/c1-5-6-13-12(4,9(17)18)7-20-11-15-14-10(19)16(11)8(2)3/h8,13H,5-7H2,1-4H3,(H,14,19)(H,17,18). The zero-order chi connectivity index (χ0) is 15.3. The molecule has 0 fully saturated rings. The van der Waals surface area contributed by atoms with Crippen molar-refractivity contribution >= 4 is 17.7 Å². The first-order valence-corrected chi connectivity index (χ1v) is 7.58. The first-order valence-electron chi connectivity index (χ1n) is 6.60. The van der Waals surface area contributed by atoms with Crippen LogP contribution in [-0.2, 0) is 4.79 Å². The molecule has 1 aromatic rings. The van der Waals surface area contributed by atoms with Crippen molar-refractivity contribution < 1.29 is 9.90 Å². The molecule has 1 aromatic heterocycles. The van der Waals surface area contributed by atoms with Gasteiger partial charge in [0.1, 0.15) is 5.54 Å². The van der Waals surface area contributed by atoms with Crippen LogP contribution < -0.4 is 11.0 Å². The van der Waals surface area contributed by atoms with Gasteiger partial charge in [-0.2, -0.15) is 0 Å². The average Bonchev–Trinajstić information content (AvgIpc) is 2.75. The molecule has 0 aliphatic carbocycles. The van der Waals surface area contributed by atoms with Crippen molar-refractivity contribution in [3.05, 3.63) is 10.5 Å². The molecule has 1 atom stereocenters. The van der Waals surface area contributed by atoms with Crippen molar-refractivity contribution in [3.63, 3.8) is 0 Å². The van der Waals surface area contributed by atoms with E-state index in [0.29, 0.717) is 17.5 Å². The van der Waals surface area contributed by atoms with Crippen molar-refractivity contribution in [1.82, 2.24) is 20.1 Å². The summed E-state index contributed by atoms with van der Waals surface area (Å²) >= 11 is 1.26. The van der Waals surface area contributed by atoms with Gasteiger partial charge in [-0.25, -0.2) is 9.89 Å². The lowest BCUT2D eigenvalue weighted by Crippen LogP contribution is -2.52. The fourth-order valence-electron chi connectivity index (χ4n) is 1.65. The Morgan fingerprint density at radius 2 is 2.25 bits per heavy atom. The molecular weight excluding hydrogens is 280 g/mol. The van der Waals surface area contributed by atoms with Crippen molar-refractivity contribution in [1.29, 1.82) is 0 Å². The molecule has 1 heterocycles. The lowest BCUT2D eigenvalue weighted by Gasteiger charge is -2.25. The van der Waals surface area contributed by atoms with Gasteiger partial charge in [0.25, 0.3) is 0 Å². The summed E-state index contributed by atoms with van der Waals surface area (Å²) < 4.78 is 1.52. The van der Waals surface area contributed by atoms with Crippen molar-refractivity contribution in [2.45, 2.75) is 50.9 Å².